The highest BCUT2D eigenvalue weighted by Gasteiger charge is 2.23. The van der Waals surface area contributed by atoms with Gasteiger partial charge < -0.3 is 8.85 Å². The largest absolute Gasteiger partial charge is 0.520 e. The van der Waals surface area contributed by atoms with E-state index in [9.17, 15) is 14.4 Å². The smallest absolute Gasteiger partial charge is 0.299 e. The molecule has 0 aromatic rings. The van der Waals surface area contributed by atoms with Gasteiger partial charge in [0.15, 0.2) is 0 Å². The highest BCUT2D eigenvalue weighted by atomic mass is 28.4. The molecule has 0 aliphatic heterocycles. The molecule has 0 rings (SSSR count). The summed E-state index contributed by atoms with van der Waals surface area (Å²) in [6, 6.07) is 0. The van der Waals surface area contributed by atoms with Gasteiger partial charge in [-0.1, -0.05) is 0 Å². The van der Waals surface area contributed by atoms with Crippen molar-refractivity contribution < 1.29 is 23.2 Å². The molecule has 5 nitrogen and oxygen atoms in total. The van der Waals surface area contributed by atoms with Gasteiger partial charge in [-0.2, -0.15) is 0 Å². The van der Waals surface area contributed by atoms with Crippen molar-refractivity contribution >= 4 is 34.4 Å². The summed E-state index contributed by atoms with van der Waals surface area (Å²) in [4.78, 5) is 34.4. The summed E-state index contributed by atoms with van der Waals surface area (Å²) in [7, 11) is -3.85. The third kappa shape index (κ3) is 11.8. The third-order valence-corrected chi connectivity index (χ3v) is 3.47. The van der Waals surface area contributed by atoms with E-state index in [-0.39, 0.29) is 31.0 Å². The maximum atomic E-state index is 11.5. The monoisotopic (exact) mass is 304 g/mol. The van der Waals surface area contributed by atoms with E-state index >= 15 is 0 Å². The van der Waals surface area contributed by atoms with Crippen molar-refractivity contribution in [3.63, 3.8) is 0 Å². The number of hydrogen-bond acceptors (Lipinski definition) is 5. The molecule has 0 N–H and O–H groups in total. The molecule has 0 atom stereocenters. The second kappa shape index (κ2) is 6.99. The Hall–Kier alpha value is -0.956. The summed E-state index contributed by atoms with van der Waals surface area (Å²) in [5, 5.41) is 0. The van der Waals surface area contributed by atoms with Crippen LogP contribution in [0, 0.1) is 0 Å². The molecule has 110 valence electrons. The van der Waals surface area contributed by atoms with Crippen LogP contribution in [0.4, 0.5) is 0 Å². The average molecular weight is 304 g/mol. The first kappa shape index (κ1) is 18.0. The van der Waals surface area contributed by atoms with Gasteiger partial charge in [0.25, 0.3) is 11.9 Å². The lowest BCUT2D eigenvalue weighted by atomic mass is 10.2. The third-order valence-electron chi connectivity index (χ3n) is 1.79. The molecule has 0 aromatic carbocycles. The summed E-state index contributed by atoms with van der Waals surface area (Å²) in [5.74, 6) is -1.15. The van der Waals surface area contributed by atoms with Crippen molar-refractivity contribution in [3.8, 4) is 0 Å². The van der Waals surface area contributed by atoms with E-state index in [4.69, 9.17) is 8.85 Å². The number of carbonyl (C=O) groups excluding carboxylic acids is 3. The normalized spacial score (nSPS) is 11.9. The zero-order valence-electron chi connectivity index (χ0n) is 12.7. The van der Waals surface area contributed by atoms with E-state index in [1.165, 1.54) is 0 Å². The van der Waals surface area contributed by atoms with Crippen LogP contribution in [-0.4, -0.2) is 34.4 Å². The summed E-state index contributed by atoms with van der Waals surface area (Å²) in [6.45, 7) is 11.3. The SMILES string of the molecule is C[Si](C)(C)OC(=O)CCC(=O)CC(=O)O[Si](C)(C)C. The molecular weight excluding hydrogens is 280 g/mol. The highest BCUT2D eigenvalue weighted by molar-refractivity contribution is 6.71. The van der Waals surface area contributed by atoms with E-state index in [0.717, 1.165) is 0 Å². The quantitative estimate of drug-likeness (QED) is 0.534. The minimum Gasteiger partial charge on any atom is -0.520 e. The molecular formula is C12H24O5Si2. The zero-order valence-corrected chi connectivity index (χ0v) is 14.7. The Labute approximate surface area is 116 Å². The van der Waals surface area contributed by atoms with Crippen molar-refractivity contribution in [2.75, 3.05) is 0 Å². The van der Waals surface area contributed by atoms with Crippen LogP contribution in [0.15, 0.2) is 0 Å². The molecule has 0 radical (unpaired) electrons. The standard InChI is InChI=1S/C12H24O5Si2/c1-18(2,3)16-11(14)8-7-10(13)9-12(15)17-19(4,5)6/h7-9H2,1-6H3. The topological polar surface area (TPSA) is 69.7 Å². The van der Waals surface area contributed by atoms with Crippen molar-refractivity contribution in [2.45, 2.75) is 58.5 Å². The minimum atomic E-state index is -1.95. The Morgan fingerprint density at radius 2 is 1.16 bits per heavy atom. The molecule has 7 heteroatoms. The first-order valence-electron chi connectivity index (χ1n) is 6.34. The average Bonchev–Trinajstić information content (AvgIpc) is 2.08. The van der Waals surface area contributed by atoms with Crippen LogP contribution >= 0.6 is 0 Å². The minimum absolute atomic E-state index is 0.0311. The van der Waals surface area contributed by atoms with Gasteiger partial charge in [-0.05, 0) is 39.3 Å². The summed E-state index contributed by atoms with van der Waals surface area (Å²) < 4.78 is 10.4. The van der Waals surface area contributed by atoms with Gasteiger partial charge in [-0.3, -0.25) is 14.4 Å². The lowest BCUT2D eigenvalue weighted by Gasteiger charge is -2.18. The fourth-order valence-electron chi connectivity index (χ4n) is 1.26. The molecule has 0 spiro atoms. The van der Waals surface area contributed by atoms with E-state index in [1.807, 2.05) is 39.3 Å². The van der Waals surface area contributed by atoms with Gasteiger partial charge in [0.1, 0.15) is 12.2 Å². The molecule has 0 aliphatic carbocycles. The first-order chi connectivity index (χ1) is 8.39. The molecule has 0 amide bonds. The van der Waals surface area contributed by atoms with E-state index < -0.39 is 22.6 Å². The Morgan fingerprint density at radius 3 is 1.58 bits per heavy atom. The van der Waals surface area contributed by atoms with Crippen molar-refractivity contribution in [3.05, 3.63) is 0 Å². The fraction of sp³-hybridized carbons (Fsp3) is 0.750. The Balaban J connectivity index is 4.00. The van der Waals surface area contributed by atoms with Crippen molar-refractivity contribution in [1.29, 1.82) is 0 Å². The number of carbonyl (C=O) groups is 3. The molecule has 0 saturated carbocycles. The van der Waals surface area contributed by atoms with Crippen LogP contribution in [0.3, 0.4) is 0 Å². The predicted octanol–water partition coefficient (Wildman–Crippen LogP) is 2.48. The Kier molecular flexibility index (Phi) is 6.64. The molecule has 0 bridgehead atoms. The second-order valence-electron chi connectivity index (χ2n) is 6.39. The second-order valence-corrected chi connectivity index (χ2v) is 15.2. The van der Waals surface area contributed by atoms with Gasteiger partial charge in [0, 0.05) is 6.42 Å². The van der Waals surface area contributed by atoms with Crippen LogP contribution < -0.4 is 0 Å². The van der Waals surface area contributed by atoms with Gasteiger partial charge >= 0.3 is 0 Å². The van der Waals surface area contributed by atoms with Crippen LogP contribution in [-0.2, 0) is 23.2 Å². The molecule has 19 heavy (non-hydrogen) atoms. The van der Waals surface area contributed by atoms with Crippen LogP contribution in [0.25, 0.3) is 0 Å². The van der Waals surface area contributed by atoms with Crippen LogP contribution in [0.5, 0.6) is 0 Å². The van der Waals surface area contributed by atoms with Crippen molar-refractivity contribution in [1.82, 2.24) is 0 Å². The lowest BCUT2D eigenvalue weighted by Crippen LogP contribution is -2.31. The molecule has 0 heterocycles. The van der Waals surface area contributed by atoms with Gasteiger partial charge in [-0.25, -0.2) is 0 Å². The van der Waals surface area contributed by atoms with Crippen molar-refractivity contribution in [2.24, 2.45) is 0 Å². The Bertz CT molecular complexity index is 352. The maximum absolute atomic E-state index is 11.5. The number of Topliss-reactive ketones (excluding diaryl/α,β-unsaturated/α-hetero) is 1. The van der Waals surface area contributed by atoms with Gasteiger partial charge in [0.2, 0.25) is 16.6 Å². The maximum Gasteiger partial charge on any atom is 0.299 e. The predicted molar refractivity (Wildman–Crippen MR) is 77.7 cm³/mol. The van der Waals surface area contributed by atoms with Crippen LogP contribution in [0.1, 0.15) is 19.3 Å². The highest BCUT2D eigenvalue weighted by Crippen LogP contribution is 2.08. The molecule has 0 unspecified atom stereocenters. The molecule has 0 aliphatic rings. The first-order valence-corrected chi connectivity index (χ1v) is 13.2. The molecule has 0 saturated heterocycles. The Morgan fingerprint density at radius 1 is 0.737 bits per heavy atom. The van der Waals surface area contributed by atoms with Gasteiger partial charge in [-0.15, -0.1) is 0 Å². The number of hydrogen-bond donors (Lipinski definition) is 0. The van der Waals surface area contributed by atoms with E-state index in [0.29, 0.717) is 0 Å². The molecule has 0 aromatic heterocycles. The number of ketones is 1. The van der Waals surface area contributed by atoms with Gasteiger partial charge in [0.05, 0.1) is 6.42 Å². The zero-order chi connectivity index (χ0) is 15.3. The summed E-state index contributed by atoms with van der Waals surface area (Å²) in [5.41, 5.74) is 0. The molecule has 0 fully saturated rings. The van der Waals surface area contributed by atoms with E-state index in [2.05, 4.69) is 0 Å². The summed E-state index contributed by atoms with van der Waals surface area (Å²) >= 11 is 0. The lowest BCUT2D eigenvalue weighted by molar-refractivity contribution is -0.141. The fourth-order valence-corrected chi connectivity index (χ4v) is 2.80. The summed E-state index contributed by atoms with van der Waals surface area (Å²) in [6.07, 6.45) is -0.196. The van der Waals surface area contributed by atoms with E-state index in [1.54, 1.807) is 0 Å². The van der Waals surface area contributed by atoms with Crippen LogP contribution in [0.2, 0.25) is 39.3 Å². The number of rotatable bonds is 7.